The Morgan fingerprint density at radius 3 is 1.49 bits per heavy atom. The number of nitrogens with zero attached hydrogens (tertiary/aromatic N) is 2. The normalized spacial score (nSPS) is 13.2. The quantitative estimate of drug-likeness (QED) is 0.0940. The molecule has 0 saturated carbocycles. The van der Waals surface area contributed by atoms with Gasteiger partial charge in [0.2, 0.25) is 17.7 Å². The number of carbonyl (C=O) groups excluding carboxylic acids is 1. The molecule has 2 aromatic carbocycles. The molecule has 9 heteroatoms. The number of ether oxygens (including phenoxy) is 4. The highest BCUT2D eigenvalue weighted by Crippen LogP contribution is 2.25. The van der Waals surface area contributed by atoms with E-state index < -0.39 is 0 Å². The molecule has 0 spiro atoms. The van der Waals surface area contributed by atoms with Crippen LogP contribution >= 0.6 is 0 Å². The summed E-state index contributed by atoms with van der Waals surface area (Å²) >= 11 is 0. The van der Waals surface area contributed by atoms with E-state index >= 15 is 0 Å². The zero-order valence-electron chi connectivity index (χ0n) is 31.3. The molecule has 2 heterocycles. The Morgan fingerprint density at radius 1 is 0.627 bits per heavy atom. The van der Waals surface area contributed by atoms with Crippen molar-refractivity contribution in [3.8, 4) is 34.8 Å². The van der Waals surface area contributed by atoms with Crippen molar-refractivity contribution < 1.29 is 23.7 Å². The predicted molar refractivity (Wildman–Crippen MR) is 203 cm³/mol. The van der Waals surface area contributed by atoms with Crippen molar-refractivity contribution in [3.05, 3.63) is 96.3 Å². The summed E-state index contributed by atoms with van der Waals surface area (Å²) in [6.45, 7) is 14.3. The molecular formula is C42H56N4O5. The first kappa shape index (κ1) is 39.2. The lowest BCUT2D eigenvalue weighted by atomic mass is 9.92. The van der Waals surface area contributed by atoms with Crippen molar-refractivity contribution in [2.24, 2.45) is 17.6 Å². The standard InChI is InChI=1S/C42H56N4O5/c1-28(2)39(22-14-33-11-17-35(18-12-33)51-37-20-25-42(45-27-37)49-30(5)6)46-40(47)23-8-31(7)38(43)21-13-32-9-15-34(16-10-32)50-36-19-24-41(44-26-36)48-29(3)4/h9-12,15-20,24-31,38-39H,8,13-14,21-23,43H2,1-7H3,(H,46,47)/t31?,38?,39-/m0/s1. The average molecular weight is 697 g/mol. The van der Waals surface area contributed by atoms with Gasteiger partial charge in [0.1, 0.15) is 23.0 Å². The first-order valence-corrected chi connectivity index (χ1v) is 18.3. The summed E-state index contributed by atoms with van der Waals surface area (Å²) in [6.07, 6.45) is 8.12. The lowest BCUT2D eigenvalue weighted by Crippen LogP contribution is -2.39. The van der Waals surface area contributed by atoms with Gasteiger partial charge < -0.3 is 30.0 Å². The van der Waals surface area contributed by atoms with Crippen LogP contribution in [0.25, 0.3) is 0 Å². The van der Waals surface area contributed by atoms with Gasteiger partial charge in [-0.3, -0.25) is 4.79 Å². The van der Waals surface area contributed by atoms with Gasteiger partial charge in [-0.15, -0.1) is 0 Å². The Bertz CT molecular complexity index is 1590. The van der Waals surface area contributed by atoms with Crippen LogP contribution in [-0.2, 0) is 17.6 Å². The van der Waals surface area contributed by atoms with Crippen LogP contribution in [0.1, 0.15) is 85.3 Å². The van der Waals surface area contributed by atoms with E-state index in [9.17, 15) is 4.79 Å². The molecule has 4 rings (SSSR count). The Labute approximate surface area is 304 Å². The first-order valence-electron chi connectivity index (χ1n) is 18.3. The summed E-state index contributed by atoms with van der Waals surface area (Å²) in [7, 11) is 0. The number of amides is 1. The van der Waals surface area contributed by atoms with E-state index in [1.54, 1.807) is 18.5 Å². The largest absolute Gasteiger partial charge is 0.475 e. The summed E-state index contributed by atoms with van der Waals surface area (Å²) in [5.74, 6) is 4.60. The highest BCUT2D eigenvalue weighted by Gasteiger charge is 2.19. The van der Waals surface area contributed by atoms with E-state index in [1.807, 2.05) is 70.2 Å². The summed E-state index contributed by atoms with van der Waals surface area (Å²) in [5, 5.41) is 3.29. The molecule has 0 saturated heterocycles. The summed E-state index contributed by atoms with van der Waals surface area (Å²) in [6, 6.07) is 23.6. The van der Waals surface area contributed by atoms with Crippen molar-refractivity contribution in [1.29, 1.82) is 0 Å². The molecule has 9 nitrogen and oxygen atoms in total. The van der Waals surface area contributed by atoms with Crippen molar-refractivity contribution >= 4 is 5.91 Å². The number of hydrogen-bond acceptors (Lipinski definition) is 8. The van der Waals surface area contributed by atoms with Crippen molar-refractivity contribution in [3.63, 3.8) is 0 Å². The number of hydrogen-bond donors (Lipinski definition) is 2. The number of benzene rings is 2. The van der Waals surface area contributed by atoms with E-state index in [1.165, 1.54) is 11.1 Å². The van der Waals surface area contributed by atoms with Crippen molar-refractivity contribution in [1.82, 2.24) is 15.3 Å². The second-order valence-electron chi connectivity index (χ2n) is 14.2. The van der Waals surface area contributed by atoms with E-state index in [2.05, 4.69) is 60.3 Å². The number of rotatable bonds is 20. The number of nitrogens with one attached hydrogen (secondary N) is 1. The van der Waals surface area contributed by atoms with E-state index in [0.717, 1.165) is 43.6 Å². The fraction of sp³-hybridized carbons (Fsp3) is 0.452. The van der Waals surface area contributed by atoms with Crippen LogP contribution in [-0.4, -0.2) is 40.2 Å². The molecule has 0 bridgehead atoms. The van der Waals surface area contributed by atoms with Crippen LogP contribution in [0.3, 0.4) is 0 Å². The minimum absolute atomic E-state index is 0.00809. The minimum Gasteiger partial charge on any atom is -0.475 e. The van der Waals surface area contributed by atoms with Gasteiger partial charge in [0, 0.05) is 30.6 Å². The van der Waals surface area contributed by atoms with Gasteiger partial charge in [-0.1, -0.05) is 45.0 Å². The average Bonchev–Trinajstić information content (AvgIpc) is 3.10. The Hall–Kier alpha value is -4.63. The maximum atomic E-state index is 13.0. The topological polar surface area (TPSA) is 118 Å². The second kappa shape index (κ2) is 19.7. The number of aromatic nitrogens is 2. The van der Waals surface area contributed by atoms with Crippen molar-refractivity contribution in [2.75, 3.05) is 0 Å². The molecule has 3 atom stereocenters. The van der Waals surface area contributed by atoms with Gasteiger partial charge >= 0.3 is 0 Å². The third kappa shape index (κ3) is 13.9. The molecule has 0 aliphatic rings. The molecule has 0 fully saturated rings. The lowest BCUT2D eigenvalue weighted by Gasteiger charge is -2.24. The summed E-state index contributed by atoms with van der Waals surface area (Å²) in [4.78, 5) is 21.6. The Morgan fingerprint density at radius 2 is 1.08 bits per heavy atom. The van der Waals surface area contributed by atoms with Crippen LogP contribution in [0.4, 0.5) is 0 Å². The molecule has 1 amide bonds. The smallest absolute Gasteiger partial charge is 0.220 e. The molecule has 4 aromatic rings. The number of aryl methyl sites for hydroxylation is 2. The SMILES string of the molecule is CC(C)Oc1ccc(Oc2ccc(CCC(N)C(C)CCC(=O)N[C@@H](CCc3ccc(Oc4ccc(OC(C)C)nc4)cc3)C(C)C)cc2)cn1. The third-order valence-electron chi connectivity index (χ3n) is 8.67. The van der Waals surface area contributed by atoms with Crippen LogP contribution in [0.2, 0.25) is 0 Å². The molecular weight excluding hydrogens is 640 g/mol. The number of carbonyl (C=O) groups is 1. The van der Waals surface area contributed by atoms with Gasteiger partial charge in [-0.05, 0) is 119 Å². The molecule has 51 heavy (non-hydrogen) atoms. The van der Waals surface area contributed by atoms with Crippen LogP contribution in [0.5, 0.6) is 34.8 Å². The zero-order chi connectivity index (χ0) is 36.8. The molecule has 2 aromatic heterocycles. The highest BCUT2D eigenvalue weighted by atomic mass is 16.5. The van der Waals surface area contributed by atoms with Gasteiger partial charge in [0.15, 0.2) is 0 Å². The van der Waals surface area contributed by atoms with Gasteiger partial charge in [0.05, 0.1) is 24.6 Å². The lowest BCUT2D eigenvalue weighted by molar-refractivity contribution is -0.122. The van der Waals surface area contributed by atoms with Crippen molar-refractivity contribution in [2.45, 2.75) is 111 Å². The van der Waals surface area contributed by atoms with E-state index in [0.29, 0.717) is 35.6 Å². The summed E-state index contributed by atoms with van der Waals surface area (Å²) < 4.78 is 23.1. The van der Waals surface area contributed by atoms with E-state index in [-0.39, 0.29) is 36.1 Å². The minimum atomic E-state index is 0.00809. The van der Waals surface area contributed by atoms with Crippen LogP contribution in [0, 0.1) is 11.8 Å². The Kier molecular flexibility index (Phi) is 15.1. The number of nitrogens with two attached hydrogens (primary N) is 1. The molecule has 3 N–H and O–H groups in total. The second-order valence-corrected chi connectivity index (χ2v) is 14.2. The first-order chi connectivity index (χ1) is 24.4. The molecule has 0 radical (unpaired) electrons. The van der Waals surface area contributed by atoms with Gasteiger partial charge in [-0.25, -0.2) is 9.97 Å². The van der Waals surface area contributed by atoms with E-state index in [4.69, 9.17) is 24.7 Å². The Balaban J connectivity index is 1.14. The predicted octanol–water partition coefficient (Wildman–Crippen LogP) is 9.09. The number of pyridine rings is 2. The third-order valence-corrected chi connectivity index (χ3v) is 8.67. The fourth-order valence-corrected chi connectivity index (χ4v) is 5.56. The highest BCUT2D eigenvalue weighted by molar-refractivity contribution is 5.76. The van der Waals surface area contributed by atoms with Gasteiger partial charge in [0.25, 0.3) is 0 Å². The monoisotopic (exact) mass is 696 g/mol. The molecule has 0 aliphatic carbocycles. The maximum Gasteiger partial charge on any atom is 0.220 e. The molecule has 2 unspecified atom stereocenters. The molecule has 274 valence electrons. The maximum absolute atomic E-state index is 13.0. The van der Waals surface area contributed by atoms with Crippen LogP contribution < -0.4 is 30.0 Å². The summed E-state index contributed by atoms with van der Waals surface area (Å²) in [5.41, 5.74) is 8.97. The fourth-order valence-electron chi connectivity index (χ4n) is 5.56. The van der Waals surface area contributed by atoms with Gasteiger partial charge in [-0.2, -0.15) is 0 Å². The van der Waals surface area contributed by atoms with Crippen LogP contribution in [0.15, 0.2) is 85.2 Å². The molecule has 0 aliphatic heterocycles. The zero-order valence-corrected chi connectivity index (χ0v) is 31.3.